The molecule has 4 aliphatic heterocycles. The van der Waals surface area contributed by atoms with E-state index >= 15 is 0 Å². The minimum atomic E-state index is -1.14. The first-order valence-corrected chi connectivity index (χ1v) is 55.9. The summed E-state index contributed by atoms with van der Waals surface area (Å²) in [6, 6.07) is 1.72. The highest BCUT2D eigenvalue weighted by atomic mass is 79.9. The van der Waals surface area contributed by atoms with Gasteiger partial charge in [-0.15, -0.1) is 0 Å². The van der Waals surface area contributed by atoms with E-state index in [0.717, 1.165) is 140 Å². The molecule has 148 heavy (non-hydrogen) atoms. The lowest BCUT2D eigenvalue weighted by molar-refractivity contribution is -0.316. The Kier molecular flexibility index (Phi) is 36.5. The maximum Gasteiger partial charge on any atom is 0.376 e. The van der Waals surface area contributed by atoms with Crippen molar-refractivity contribution in [1.29, 1.82) is 5.26 Å². The van der Waals surface area contributed by atoms with Gasteiger partial charge in [-0.25, -0.2) is 69.0 Å². The molecule has 33 heteroatoms. The van der Waals surface area contributed by atoms with Gasteiger partial charge in [0.15, 0.2) is 53.9 Å². The summed E-state index contributed by atoms with van der Waals surface area (Å²) in [7, 11) is 2.55. The lowest BCUT2D eigenvalue weighted by atomic mass is 9.46. The fraction of sp³-hybridized carbons (Fsp3) is 0.713. The van der Waals surface area contributed by atoms with Crippen molar-refractivity contribution in [2.45, 2.75) is 336 Å². The molecule has 5 aromatic rings. The number of rotatable bonds is 22. The van der Waals surface area contributed by atoms with Crippen molar-refractivity contribution >= 4 is 39.8 Å². The highest BCUT2D eigenvalue weighted by Gasteiger charge is 2.66. The number of alkyl halides is 1. The van der Waals surface area contributed by atoms with Crippen LogP contribution in [-0.4, -0.2) is 210 Å². The molecule has 0 amide bonds. The predicted molar refractivity (Wildman–Crippen MR) is 553 cm³/mol. The van der Waals surface area contributed by atoms with Crippen LogP contribution in [0.2, 0.25) is 0 Å². The van der Waals surface area contributed by atoms with Crippen LogP contribution < -0.4 is 14.2 Å². The Balaban J connectivity index is 0.000000133. The SMILES string of the molecule is C=C1CCC2[C@]3(C)CO[C@@H](C4CCCC4)O[C@@H]3CC[C@@]2(C)[C@@H]1CCBr.C=C1CCC2[C@]3(C)CO[C@@H](C4CCCC4)O[C@@H]3CC[C@@]2(C)[C@@H]1CCOc1cnc(C(=O)O)nc1.C=C1CCC2[C@]3(C)CO[C@@H](C4CCCC4)O[C@@H]3CC[C@@]2(C)[C@@H]1CCOc1cnc(C(=O)O)nc1.C=C1CCC2[C@]3(C)CO[C@@H](C4CCCC4)O[C@@H]3CC[C@@]2(C)[C@@H]1CCOc1cnc(C(=O)OC)nc1.COC(=O)c1ncc(O)cn1.N#Cc1ncc(O)cn1. The Labute approximate surface area is 881 Å². The summed E-state index contributed by atoms with van der Waals surface area (Å²) in [6.45, 7) is 42.4. The Morgan fingerprint density at radius 2 is 0.595 bits per heavy atom. The van der Waals surface area contributed by atoms with Gasteiger partial charge in [0.05, 0.1) is 147 Å². The maximum absolute atomic E-state index is 11.5. The maximum atomic E-state index is 11.5. The van der Waals surface area contributed by atoms with Crippen molar-refractivity contribution in [1.82, 2.24) is 49.8 Å². The summed E-state index contributed by atoms with van der Waals surface area (Å²) in [5.41, 5.74) is 6.55. The van der Waals surface area contributed by atoms with Crippen molar-refractivity contribution in [3.8, 4) is 34.8 Å². The van der Waals surface area contributed by atoms with Gasteiger partial charge in [-0.1, -0.05) is 171 Å². The van der Waals surface area contributed by atoms with E-state index in [-0.39, 0.29) is 122 Å². The van der Waals surface area contributed by atoms with E-state index in [0.29, 0.717) is 120 Å². The molecule has 0 spiro atoms. The van der Waals surface area contributed by atoms with Crippen LogP contribution in [0.25, 0.3) is 0 Å². The largest absolute Gasteiger partial charge is 0.505 e. The topological polar surface area (TPSA) is 422 Å². The second-order valence-electron chi connectivity index (χ2n) is 47.2. The van der Waals surface area contributed by atoms with Gasteiger partial charge < -0.3 is 82.0 Å². The van der Waals surface area contributed by atoms with E-state index in [1.807, 2.05) is 0 Å². The first kappa shape index (κ1) is 112. The van der Waals surface area contributed by atoms with Crippen LogP contribution in [0, 0.1) is 126 Å². The van der Waals surface area contributed by atoms with Gasteiger partial charge >= 0.3 is 23.9 Å². The van der Waals surface area contributed by atoms with E-state index in [1.54, 1.807) is 6.07 Å². The molecule has 21 rings (SSSR count). The average molecular weight is 2110 g/mol. The highest BCUT2D eigenvalue weighted by molar-refractivity contribution is 9.09. The summed E-state index contributed by atoms with van der Waals surface area (Å²) < 4.78 is 79.2. The van der Waals surface area contributed by atoms with Crippen LogP contribution >= 0.6 is 15.9 Å². The second kappa shape index (κ2) is 48.5. The molecule has 0 radical (unpaired) electrons. The van der Waals surface area contributed by atoms with Gasteiger partial charge in [-0.3, -0.25) is 0 Å². The molecule has 0 bridgehead atoms. The third kappa shape index (κ3) is 24.1. The number of methoxy groups -OCH3 is 2. The monoisotopic (exact) mass is 2110 g/mol. The van der Waals surface area contributed by atoms with Crippen molar-refractivity contribution in [2.24, 2.45) is 114 Å². The van der Waals surface area contributed by atoms with Gasteiger partial charge in [-0.05, 0) is 249 Å². The third-order valence-corrected chi connectivity index (χ3v) is 39.1. The van der Waals surface area contributed by atoms with Crippen molar-refractivity contribution in [2.75, 3.05) is 65.8 Å². The Morgan fingerprint density at radius 1 is 0.358 bits per heavy atom. The summed E-state index contributed by atoms with van der Waals surface area (Å²) in [4.78, 5) is 81.6. The van der Waals surface area contributed by atoms with Crippen molar-refractivity contribution in [3.63, 3.8) is 0 Å². The summed E-state index contributed by atoms with van der Waals surface area (Å²) in [5, 5.41) is 44.5. The predicted octanol–water partition coefficient (Wildman–Crippen LogP) is 22.0. The van der Waals surface area contributed by atoms with Crippen LogP contribution in [0.15, 0.2) is 111 Å². The lowest BCUT2D eigenvalue weighted by Crippen LogP contribution is -2.62. The summed E-state index contributed by atoms with van der Waals surface area (Å²) >= 11 is 3.69. The molecule has 24 atom stereocenters. The molecule has 9 heterocycles. The number of aromatic hydroxyl groups is 2. The van der Waals surface area contributed by atoms with Gasteiger partial charge in [0, 0.05) is 50.7 Å². The minimum absolute atomic E-state index is 0.00419. The van der Waals surface area contributed by atoms with Crippen LogP contribution in [-0.2, 0) is 47.4 Å². The molecule has 4 N–H and O–H groups in total. The van der Waals surface area contributed by atoms with E-state index in [1.165, 1.54) is 221 Å². The zero-order chi connectivity index (χ0) is 105. The smallest absolute Gasteiger partial charge is 0.376 e. The molecule has 32 nitrogen and oxygen atoms in total. The number of esters is 2. The Morgan fingerprint density at radius 3 is 0.831 bits per heavy atom. The van der Waals surface area contributed by atoms with E-state index in [2.05, 4.69) is 157 Å². The second-order valence-corrected chi connectivity index (χ2v) is 47.9. The normalized spacial score (nSPS) is 35.7. The van der Waals surface area contributed by atoms with Gasteiger partial charge in [0.25, 0.3) is 0 Å². The molecule has 16 aliphatic rings. The number of halogens is 1. The first-order valence-electron chi connectivity index (χ1n) is 54.8. The number of aromatic nitrogens is 10. The number of carbonyl (C=O) groups excluding carboxylic acids is 2. The number of ether oxygens (including phenoxy) is 13. The zero-order valence-corrected chi connectivity index (χ0v) is 90.4. The van der Waals surface area contributed by atoms with Crippen LogP contribution in [0.5, 0.6) is 28.7 Å². The zero-order valence-electron chi connectivity index (χ0n) is 88.8. The number of nitriles is 1. The number of carbonyl (C=O) groups is 4. The van der Waals surface area contributed by atoms with Crippen LogP contribution in [0.1, 0.15) is 335 Å². The number of fused-ring (bicyclic) bond motifs is 12. The standard InChI is InChI=1S/C28H40N2O5.2C27H38N2O5.C22H35BrO2.C6H6N2O3.C5H3N3O/c1-18-9-10-22-27(2,21(18)12-14-33-20-15-29-24(30-16-20)25(31)32-4)13-11-23-28(22,3)17-34-26(35-23)19-7-5-6-8-19;2*1-17-8-9-21-26(2,20(17)11-13-32-19-14-28-23(24(30)31)29-15-19)12-10-22-27(21,3)16-33-25(34-22)18-6-4-5-7-18;1-15-8-9-18-21(2,17(15)11-13-23)12-10-19-22(18,3)14-24-20(25-19)16-6-4-5-7-16;1-11-6(10)5-7-2-4(9)3-8-5;6-1-5-7-2-4(9)3-8-5/h15-16,19,21-23,26H,1,5-14,17H2,2-4H3;2*14-15,18,20-22,25H,1,4-13,16H2,2-3H3,(H,30,31);16-20H,1,4-14H2,2-3H3;2-3,9H,1H3;2-3,9H/t21-,22?,23-,26-,27+,28+;2*20-,21?,22-,25-,26+,27+;17-,18?,19-,20-,21+,22+;;/m1111../s1. The highest BCUT2D eigenvalue weighted by Crippen LogP contribution is 2.69. The van der Waals surface area contributed by atoms with Crippen LogP contribution in [0.3, 0.4) is 0 Å². The Hall–Kier alpha value is -9.11. The minimum Gasteiger partial charge on any atom is -0.505 e. The van der Waals surface area contributed by atoms with Crippen LogP contribution in [0.4, 0.5) is 0 Å². The molecule has 4 unspecified atom stereocenters. The first-order chi connectivity index (χ1) is 71.0. The Bertz CT molecular complexity index is 5250. The molecule has 0 aromatic carbocycles. The van der Waals surface area contributed by atoms with E-state index in [4.69, 9.17) is 77.8 Å². The molecular formula is C115H160BrN11O21. The molecular weight excluding hydrogens is 1950 g/mol. The molecule has 808 valence electrons. The number of hydrogen-bond acceptors (Lipinski definition) is 30. The number of carboxylic acid groups (broad SMARTS) is 2. The molecule has 12 aliphatic carbocycles. The van der Waals surface area contributed by atoms with Gasteiger partial charge in [0.1, 0.15) is 6.07 Å². The number of allylic oxidation sites excluding steroid dienone is 4. The van der Waals surface area contributed by atoms with Gasteiger partial charge in [0.2, 0.25) is 29.1 Å². The number of hydrogen-bond donors (Lipinski definition) is 4. The number of aromatic carboxylic acids is 2. The third-order valence-electron chi connectivity index (χ3n) is 38.6. The number of nitrogens with zero attached hydrogens (tertiary/aromatic N) is 11. The average Bonchev–Trinajstić information content (AvgIpc) is 0.959. The molecule has 12 saturated carbocycles. The van der Waals surface area contributed by atoms with E-state index < -0.39 is 23.9 Å². The number of carboxylic acids is 2. The molecule has 5 aromatic heterocycles. The quantitative estimate of drug-likeness (QED) is 0.0284. The van der Waals surface area contributed by atoms with Gasteiger partial charge in [-0.2, -0.15) is 5.26 Å². The summed E-state index contributed by atoms with van der Waals surface area (Å²) in [6.07, 6.45) is 57.2. The van der Waals surface area contributed by atoms with Crippen molar-refractivity contribution < 1.29 is 101 Å². The fourth-order valence-corrected chi connectivity index (χ4v) is 31.4. The summed E-state index contributed by atoms with van der Waals surface area (Å²) in [5.74, 6) is 4.00. The fourth-order valence-electron chi connectivity index (χ4n) is 30.9. The van der Waals surface area contributed by atoms with E-state index in [9.17, 15) is 19.2 Å². The van der Waals surface area contributed by atoms with Crippen molar-refractivity contribution in [3.05, 3.63) is 140 Å². The molecule has 16 fully saturated rings. The lowest BCUT2D eigenvalue weighted by Gasteiger charge is -2.63. The molecule has 4 saturated heterocycles.